The first kappa shape index (κ1) is 22.5. The summed E-state index contributed by atoms with van der Waals surface area (Å²) in [4.78, 5) is 22.6. The van der Waals surface area contributed by atoms with Gasteiger partial charge < -0.3 is 15.1 Å². The van der Waals surface area contributed by atoms with Gasteiger partial charge in [-0.05, 0) is 99.5 Å². The van der Waals surface area contributed by atoms with Crippen LogP contribution in [0.5, 0.6) is 0 Å². The Balaban J connectivity index is 0.000000377. The molecule has 0 spiro atoms. The zero-order valence-electron chi connectivity index (χ0n) is 17.5. The minimum Gasteiger partial charge on any atom is -0.473 e. The number of nitrogens with zero attached hydrogens (tertiary/aromatic N) is 1. The minimum atomic E-state index is -1.82. The third-order valence-corrected chi connectivity index (χ3v) is 7.29. The summed E-state index contributed by atoms with van der Waals surface area (Å²) >= 11 is 1.98. The second-order valence-electron chi connectivity index (χ2n) is 8.31. The normalized spacial score (nSPS) is 19.4. The zero-order chi connectivity index (χ0) is 21.5. The van der Waals surface area contributed by atoms with E-state index in [0.717, 1.165) is 11.8 Å². The van der Waals surface area contributed by atoms with Crippen molar-refractivity contribution >= 4 is 23.3 Å². The molecule has 2 heterocycles. The molecule has 2 aliphatic rings. The summed E-state index contributed by atoms with van der Waals surface area (Å²) in [6, 6.07) is 11.6. The van der Waals surface area contributed by atoms with Gasteiger partial charge in [0.15, 0.2) is 0 Å². The fraction of sp³-hybridized carbons (Fsp3) is 0.500. The van der Waals surface area contributed by atoms with Gasteiger partial charge in [0.05, 0.1) is 0 Å². The summed E-state index contributed by atoms with van der Waals surface area (Å²) in [5.41, 5.74) is 4.60. The molecule has 1 aromatic heterocycles. The molecule has 30 heavy (non-hydrogen) atoms. The monoisotopic (exact) mass is 429 g/mol. The number of carbonyl (C=O) groups is 2. The molecular formula is C24H31NO4S. The predicted molar refractivity (Wildman–Crippen MR) is 119 cm³/mol. The minimum absolute atomic E-state index is 0.778. The smallest absolute Gasteiger partial charge is 0.414 e. The third-order valence-electron chi connectivity index (χ3n) is 6.29. The van der Waals surface area contributed by atoms with Gasteiger partial charge in [0.25, 0.3) is 0 Å². The highest BCUT2D eigenvalue weighted by molar-refractivity contribution is 7.10. The number of aryl methyl sites for hydroxylation is 2. The SMILES string of the molecule is Cc1ccc(C2CCN(CCC3CCCc4sccc43)CC2)cc1.O=C(O)C(=O)O. The summed E-state index contributed by atoms with van der Waals surface area (Å²) in [6.45, 7) is 6.03. The highest BCUT2D eigenvalue weighted by Crippen LogP contribution is 2.37. The van der Waals surface area contributed by atoms with E-state index in [1.165, 1.54) is 63.7 Å². The number of fused-ring (bicyclic) bond motifs is 1. The van der Waals surface area contributed by atoms with Gasteiger partial charge in [0, 0.05) is 4.88 Å². The Labute approximate surface area is 182 Å². The maximum Gasteiger partial charge on any atom is 0.414 e. The molecule has 1 atom stereocenters. The molecule has 1 saturated heterocycles. The second kappa shape index (κ2) is 10.7. The van der Waals surface area contributed by atoms with Crippen LogP contribution in [-0.4, -0.2) is 46.7 Å². The van der Waals surface area contributed by atoms with E-state index in [1.54, 1.807) is 16.0 Å². The van der Waals surface area contributed by atoms with Crippen molar-refractivity contribution in [1.82, 2.24) is 4.90 Å². The predicted octanol–water partition coefficient (Wildman–Crippen LogP) is 4.90. The lowest BCUT2D eigenvalue weighted by molar-refractivity contribution is -0.159. The summed E-state index contributed by atoms with van der Waals surface area (Å²) in [5, 5.41) is 17.1. The molecule has 2 aromatic rings. The number of aliphatic carboxylic acids is 2. The van der Waals surface area contributed by atoms with Gasteiger partial charge in [-0.1, -0.05) is 29.8 Å². The number of carboxylic acid groups (broad SMARTS) is 2. The molecule has 0 bridgehead atoms. The van der Waals surface area contributed by atoms with E-state index in [2.05, 4.69) is 47.5 Å². The Morgan fingerprint density at radius 3 is 2.33 bits per heavy atom. The number of hydrogen-bond acceptors (Lipinski definition) is 4. The molecule has 6 heteroatoms. The maximum absolute atomic E-state index is 9.10. The fourth-order valence-corrected chi connectivity index (χ4v) is 5.56. The van der Waals surface area contributed by atoms with Gasteiger partial charge in [-0.2, -0.15) is 0 Å². The number of likely N-dealkylation sites (tertiary alicyclic amines) is 1. The van der Waals surface area contributed by atoms with E-state index in [1.807, 2.05) is 11.3 Å². The van der Waals surface area contributed by atoms with E-state index >= 15 is 0 Å². The molecular weight excluding hydrogens is 398 g/mol. The van der Waals surface area contributed by atoms with E-state index in [9.17, 15) is 0 Å². The molecule has 1 aliphatic carbocycles. The van der Waals surface area contributed by atoms with E-state index in [4.69, 9.17) is 19.8 Å². The topological polar surface area (TPSA) is 77.8 Å². The lowest BCUT2D eigenvalue weighted by Gasteiger charge is -2.33. The van der Waals surface area contributed by atoms with Crippen molar-refractivity contribution in [2.75, 3.05) is 19.6 Å². The Morgan fingerprint density at radius 1 is 1.03 bits per heavy atom. The lowest BCUT2D eigenvalue weighted by atomic mass is 9.85. The summed E-state index contributed by atoms with van der Waals surface area (Å²) in [6.07, 6.45) is 8.15. The average Bonchev–Trinajstić information content (AvgIpc) is 3.23. The van der Waals surface area contributed by atoms with E-state index in [0.29, 0.717) is 0 Å². The summed E-state index contributed by atoms with van der Waals surface area (Å²) < 4.78 is 0. The third kappa shape index (κ3) is 6.16. The van der Waals surface area contributed by atoms with Crippen LogP contribution in [0.2, 0.25) is 0 Å². The van der Waals surface area contributed by atoms with Crippen LogP contribution in [0.25, 0.3) is 0 Å². The first-order chi connectivity index (χ1) is 14.4. The Hall–Kier alpha value is -2.18. The molecule has 1 aromatic carbocycles. The zero-order valence-corrected chi connectivity index (χ0v) is 18.4. The van der Waals surface area contributed by atoms with Gasteiger partial charge in [-0.15, -0.1) is 11.3 Å². The fourth-order valence-electron chi connectivity index (χ4n) is 4.55. The number of hydrogen-bond donors (Lipinski definition) is 2. The molecule has 0 saturated carbocycles. The number of benzene rings is 1. The number of thiophene rings is 1. The van der Waals surface area contributed by atoms with Crippen molar-refractivity contribution < 1.29 is 19.8 Å². The van der Waals surface area contributed by atoms with Crippen molar-refractivity contribution in [3.8, 4) is 0 Å². The van der Waals surface area contributed by atoms with E-state index < -0.39 is 11.9 Å². The van der Waals surface area contributed by atoms with Gasteiger partial charge in [-0.25, -0.2) is 9.59 Å². The Morgan fingerprint density at radius 2 is 1.70 bits per heavy atom. The average molecular weight is 430 g/mol. The van der Waals surface area contributed by atoms with Crippen LogP contribution < -0.4 is 0 Å². The van der Waals surface area contributed by atoms with Crippen LogP contribution in [0.3, 0.4) is 0 Å². The molecule has 0 radical (unpaired) electrons. The quantitative estimate of drug-likeness (QED) is 0.676. The van der Waals surface area contributed by atoms with Crippen LogP contribution in [-0.2, 0) is 16.0 Å². The molecule has 4 rings (SSSR count). The van der Waals surface area contributed by atoms with Crippen LogP contribution in [0, 0.1) is 6.92 Å². The number of carboxylic acids is 2. The van der Waals surface area contributed by atoms with Crippen molar-refractivity contribution in [1.29, 1.82) is 0 Å². The van der Waals surface area contributed by atoms with E-state index in [-0.39, 0.29) is 0 Å². The molecule has 1 aliphatic heterocycles. The standard InChI is InChI=1S/C22H29NS.C2H2O4/c1-17-5-7-18(8-6-17)19-9-13-23(14-10-19)15-11-20-3-2-4-22-21(20)12-16-24-22;3-1(4)2(5)6/h5-8,12,16,19-20H,2-4,9-11,13-15H2,1H3;(H,3,4)(H,5,6). The number of rotatable bonds is 4. The molecule has 162 valence electrons. The summed E-state index contributed by atoms with van der Waals surface area (Å²) in [5.74, 6) is -2.04. The Kier molecular flexibility index (Phi) is 8.05. The second-order valence-corrected chi connectivity index (χ2v) is 9.31. The number of piperidine rings is 1. The first-order valence-electron chi connectivity index (χ1n) is 10.8. The first-order valence-corrected chi connectivity index (χ1v) is 11.6. The molecule has 1 fully saturated rings. The van der Waals surface area contributed by atoms with Gasteiger partial charge in [-0.3, -0.25) is 0 Å². The summed E-state index contributed by atoms with van der Waals surface area (Å²) in [7, 11) is 0. The van der Waals surface area contributed by atoms with Crippen molar-refractivity contribution in [2.45, 2.75) is 57.3 Å². The molecule has 2 N–H and O–H groups in total. The molecule has 5 nitrogen and oxygen atoms in total. The van der Waals surface area contributed by atoms with Crippen LogP contribution >= 0.6 is 11.3 Å². The van der Waals surface area contributed by atoms with Crippen LogP contribution in [0.4, 0.5) is 0 Å². The van der Waals surface area contributed by atoms with Gasteiger partial charge in [0.1, 0.15) is 0 Å². The maximum atomic E-state index is 9.10. The van der Waals surface area contributed by atoms with Crippen molar-refractivity contribution in [3.63, 3.8) is 0 Å². The molecule has 1 unspecified atom stereocenters. The Bertz CT molecular complexity index is 825. The largest absolute Gasteiger partial charge is 0.473 e. The van der Waals surface area contributed by atoms with Crippen molar-refractivity contribution in [3.05, 3.63) is 57.3 Å². The van der Waals surface area contributed by atoms with Gasteiger partial charge >= 0.3 is 11.9 Å². The van der Waals surface area contributed by atoms with Crippen LogP contribution in [0.1, 0.15) is 65.5 Å². The van der Waals surface area contributed by atoms with Gasteiger partial charge in [0.2, 0.25) is 0 Å². The van der Waals surface area contributed by atoms with Crippen molar-refractivity contribution in [2.24, 2.45) is 0 Å². The highest BCUT2D eigenvalue weighted by atomic mass is 32.1. The highest BCUT2D eigenvalue weighted by Gasteiger charge is 2.24. The molecule has 0 amide bonds. The lowest BCUT2D eigenvalue weighted by Crippen LogP contribution is -2.34. The van der Waals surface area contributed by atoms with Crippen LogP contribution in [0.15, 0.2) is 35.7 Å².